The quantitative estimate of drug-likeness (QED) is 0.673. The van der Waals surface area contributed by atoms with E-state index in [0.717, 1.165) is 16.8 Å². The van der Waals surface area contributed by atoms with Crippen molar-refractivity contribution in [2.24, 2.45) is 0 Å². The van der Waals surface area contributed by atoms with Crippen LogP contribution in [0.5, 0.6) is 0 Å². The third-order valence-electron chi connectivity index (χ3n) is 2.66. The Morgan fingerprint density at radius 1 is 1.26 bits per heavy atom. The molecule has 0 saturated heterocycles. The van der Waals surface area contributed by atoms with Gasteiger partial charge in [-0.3, -0.25) is 10.1 Å². The first-order chi connectivity index (χ1) is 9.04. The van der Waals surface area contributed by atoms with Gasteiger partial charge in [-0.1, -0.05) is 23.7 Å². The summed E-state index contributed by atoms with van der Waals surface area (Å²) in [5.41, 5.74) is 2.69. The van der Waals surface area contributed by atoms with Crippen LogP contribution in [0.4, 0.5) is 11.4 Å². The fraction of sp³-hybridized carbons (Fsp3) is 0.143. The van der Waals surface area contributed by atoms with Crippen molar-refractivity contribution < 1.29 is 4.92 Å². The molecule has 0 aliphatic rings. The fourth-order valence-electron chi connectivity index (χ4n) is 1.82. The van der Waals surface area contributed by atoms with Gasteiger partial charge in [-0.15, -0.1) is 0 Å². The molecular formula is C14H13ClN2O2. The maximum absolute atomic E-state index is 10.8. The second kappa shape index (κ2) is 5.71. The zero-order valence-corrected chi connectivity index (χ0v) is 11.1. The molecule has 1 N–H and O–H groups in total. The first-order valence-corrected chi connectivity index (χ1v) is 6.17. The summed E-state index contributed by atoms with van der Waals surface area (Å²) in [7, 11) is 0. The van der Waals surface area contributed by atoms with Crippen LogP contribution in [0.25, 0.3) is 0 Å². The van der Waals surface area contributed by atoms with Crippen molar-refractivity contribution in [1.82, 2.24) is 0 Å². The number of nitro groups is 1. The minimum absolute atomic E-state index is 0.0913. The summed E-state index contributed by atoms with van der Waals surface area (Å²) in [4.78, 5) is 10.4. The maximum atomic E-state index is 10.8. The lowest BCUT2D eigenvalue weighted by Gasteiger charge is -2.08. The number of aryl methyl sites for hydroxylation is 1. The van der Waals surface area contributed by atoms with Gasteiger partial charge in [-0.25, -0.2) is 0 Å². The minimum Gasteiger partial charge on any atom is -0.381 e. The Kier molecular flexibility index (Phi) is 4.02. The Balaban J connectivity index is 2.13. The van der Waals surface area contributed by atoms with Crippen LogP contribution in [0.1, 0.15) is 11.1 Å². The average molecular weight is 277 g/mol. The van der Waals surface area contributed by atoms with Gasteiger partial charge in [0, 0.05) is 29.4 Å². The molecule has 0 bridgehead atoms. The molecule has 0 heterocycles. The largest absolute Gasteiger partial charge is 0.381 e. The van der Waals surface area contributed by atoms with Crippen molar-refractivity contribution >= 4 is 23.0 Å². The summed E-state index contributed by atoms with van der Waals surface area (Å²) in [6, 6.07) is 12.4. The molecule has 0 aliphatic carbocycles. The lowest BCUT2D eigenvalue weighted by atomic mass is 10.2. The Morgan fingerprint density at radius 3 is 2.74 bits per heavy atom. The highest BCUT2D eigenvalue weighted by atomic mass is 35.5. The zero-order valence-electron chi connectivity index (χ0n) is 10.4. The molecule has 0 saturated carbocycles. The number of hydrogen-bond acceptors (Lipinski definition) is 3. The van der Waals surface area contributed by atoms with Crippen molar-refractivity contribution in [3.63, 3.8) is 0 Å². The van der Waals surface area contributed by atoms with Crippen LogP contribution in [-0.2, 0) is 6.54 Å². The molecule has 0 radical (unpaired) electrons. The van der Waals surface area contributed by atoms with Crippen LogP contribution in [0.15, 0.2) is 42.5 Å². The molecule has 2 aromatic rings. The molecule has 0 spiro atoms. The molecule has 2 rings (SSSR count). The van der Waals surface area contributed by atoms with Gasteiger partial charge in [0.2, 0.25) is 0 Å². The van der Waals surface area contributed by atoms with Crippen molar-refractivity contribution in [3.05, 3.63) is 68.7 Å². The predicted molar refractivity (Wildman–Crippen MR) is 76.6 cm³/mol. The van der Waals surface area contributed by atoms with E-state index in [1.54, 1.807) is 6.07 Å². The molecule has 19 heavy (non-hydrogen) atoms. The topological polar surface area (TPSA) is 55.2 Å². The van der Waals surface area contributed by atoms with Crippen LogP contribution in [-0.4, -0.2) is 4.92 Å². The van der Waals surface area contributed by atoms with Crippen LogP contribution in [0.2, 0.25) is 5.02 Å². The lowest BCUT2D eigenvalue weighted by Crippen LogP contribution is -2.00. The van der Waals surface area contributed by atoms with E-state index in [4.69, 9.17) is 11.6 Å². The molecule has 0 atom stereocenters. The summed E-state index contributed by atoms with van der Waals surface area (Å²) in [6.07, 6.45) is 0. The summed E-state index contributed by atoms with van der Waals surface area (Å²) in [5.74, 6) is 0. The van der Waals surface area contributed by atoms with Gasteiger partial charge in [0.05, 0.1) is 4.92 Å². The van der Waals surface area contributed by atoms with Gasteiger partial charge in [0.1, 0.15) is 0 Å². The van der Waals surface area contributed by atoms with Crippen molar-refractivity contribution in [2.45, 2.75) is 13.5 Å². The highest BCUT2D eigenvalue weighted by molar-refractivity contribution is 6.30. The first kappa shape index (κ1) is 13.4. The Hall–Kier alpha value is -2.07. The molecule has 0 unspecified atom stereocenters. The van der Waals surface area contributed by atoms with E-state index in [-0.39, 0.29) is 5.69 Å². The standard InChI is InChI=1S/C14H13ClN2O2/c1-10-5-13(8-14(6-10)17(18)19)16-9-11-3-2-4-12(15)7-11/h2-8,16H,9H2,1H3. The van der Waals surface area contributed by atoms with E-state index < -0.39 is 4.92 Å². The molecule has 0 aliphatic heterocycles. The maximum Gasteiger partial charge on any atom is 0.271 e. The number of nitrogens with one attached hydrogen (secondary N) is 1. The first-order valence-electron chi connectivity index (χ1n) is 5.79. The number of nitro benzene ring substituents is 1. The molecular weight excluding hydrogens is 264 g/mol. The molecule has 98 valence electrons. The number of benzene rings is 2. The highest BCUT2D eigenvalue weighted by Gasteiger charge is 2.07. The number of non-ortho nitro benzene ring substituents is 1. The number of hydrogen-bond donors (Lipinski definition) is 1. The number of rotatable bonds is 4. The molecule has 0 amide bonds. The van der Waals surface area contributed by atoms with Gasteiger partial charge in [0.15, 0.2) is 0 Å². The van der Waals surface area contributed by atoms with E-state index in [1.165, 1.54) is 6.07 Å². The molecule has 2 aromatic carbocycles. The third-order valence-corrected chi connectivity index (χ3v) is 2.89. The van der Waals surface area contributed by atoms with Crippen molar-refractivity contribution in [2.75, 3.05) is 5.32 Å². The van der Waals surface area contributed by atoms with Crippen LogP contribution in [0, 0.1) is 17.0 Å². The molecule has 0 fully saturated rings. The minimum atomic E-state index is -0.391. The van der Waals surface area contributed by atoms with E-state index in [9.17, 15) is 10.1 Å². The summed E-state index contributed by atoms with van der Waals surface area (Å²) >= 11 is 5.90. The van der Waals surface area contributed by atoms with Crippen molar-refractivity contribution in [1.29, 1.82) is 0 Å². The SMILES string of the molecule is Cc1cc(NCc2cccc(Cl)c2)cc([N+](=O)[O-])c1. The number of anilines is 1. The molecule has 0 aromatic heterocycles. The van der Waals surface area contributed by atoms with Gasteiger partial charge >= 0.3 is 0 Å². The highest BCUT2D eigenvalue weighted by Crippen LogP contribution is 2.21. The monoisotopic (exact) mass is 276 g/mol. The van der Waals surface area contributed by atoms with Crippen molar-refractivity contribution in [3.8, 4) is 0 Å². The van der Waals surface area contributed by atoms with Gasteiger partial charge < -0.3 is 5.32 Å². The van der Waals surface area contributed by atoms with Crippen LogP contribution < -0.4 is 5.32 Å². The lowest BCUT2D eigenvalue weighted by molar-refractivity contribution is -0.384. The predicted octanol–water partition coefficient (Wildman–Crippen LogP) is 4.17. The Labute approximate surface area is 116 Å². The fourth-order valence-corrected chi connectivity index (χ4v) is 2.03. The summed E-state index contributed by atoms with van der Waals surface area (Å²) in [6.45, 7) is 2.40. The summed E-state index contributed by atoms with van der Waals surface area (Å²) in [5, 5.41) is 14.6. The third kappa shape index (κ3) is 3.69. The van der Waals surface area contributed by atoms with Gasteiger partial charge in [0.25, 0.3) is 5.69 Å². The number of nitrogens with zero attached hydrogens (tertiary/aromatic N) is 1. The molecule has 5 heteroatoms. The smallest absolute Gasteiger partial charge is 0.271 e. The van der Waals surface area contributed by atoms with E-state index in [2.05, 4.69) is 5.32 Å². The van der Waals surface area contributed by atoms with E-state index >= 15 is 0 Å². The normalized spacial score (nSPS) is 10.2. The van der Waals surface area contributed by atoms with Gasteiger partial charge in [-0.05, 0) is 36.2 Å². The van der Waals surface area contributed by atoms with E-state index in [0.29, 0.717) is 11.6 Å². The second-order valence-corrected chi connectivity index (χ2v) is 4.73. The Morgan fingerprint density at radius 2 is 2.05 bits per heavy atom. The Bertz CT molecular complexity index is 614. The number of halogens is 1. The molecule has 4 nitrogen and oxygen atoms in total. The van der Waals surface area contributed by atoms with Gasteiger partial charge in [-0.2, -0.15) is 0 Å². The van der Waals surface area contributed by atoms with Crippen LogP contribution >= 0.6 is 11.6 Å². The summed E-state index contributed by atoms with van der Waals surface area (Å²) < 4.78 is 0. The second-order valence-electron chi connectivity index (χ2n) is 4.30. The zero-order chi connectivity index (χ0) is 13.8. The average Bonchev–Trinajstić information content (AvgIpc) is 2.36. The van der Waals surface area contributed by atoms with Crippen LogP contribution in [0.3, 0.4) is 0 Å². The van der Waals surface area contributed by atoms with E-state index in [1.807, 2.05) is 37.3 Å².